The molecule has 6 heteroatoms. The van der Waals surface area contributed by atoms with Crippen LogP contribution in [0.1, 0.15) is 41.9 Å². The summed E-state index contributed by atoms with van der Waals surface area (Å²) >= 11 is 0. The second kappa shape index (κ2) is 6.48. The molecule has 3 aromatic rings. The monoisotopic (exact) mass is 378 g/mol. The van der Waals surface area contributed by atoms with Crippen molar-refractivity contribution in [2.45, 2.75) is 33.1 Å². The first-order chi connectivity index (χ1) is 13.5. The summed E-state index contributed by atoms with van der Waals surface area (Å²) in [4.78, 5) is 18.1. The second-order valence-electron chi connectivity index (χ2n) is 8.76. The van der Waals surface area contributed by atoms with E-state index in [0.29, 0.717) is 37.3 Å². The van der Waals surface area contributed by atoms with Crippen molar-refractivity contribution in [1.82, 2.24) is 20.1 Å². The maximum atomic E-state index is 12.8. The minimum Gasteiger partial charge on any atom is -0.378 e. The number of nitrogens with zero attached hydrogens (tertiary/aromatic N) is 2. The molecule has 2 N–H and O–H groups in total. The molecule has 0 atom stereocenters. The molecule has 146 valence electrons. The molecular weight excluding hydrogens is 352 g/mol. The molecule has 1 aromatic carbocycles. The summed E-state index contributed by atoms with van der Waals surface area (Å²) in [7, 11) is 0. The van der Waals surface area contributed by atoms with Crippen LogP contribution < -0.4 is 0 Å². The first-order valence-corrected chi connectivity index (χ1v) is 10.1. The highest BCUT2D eigenvalue weighted by Crippen LogP contribution is 2.38. The molecule has 3 heterocycles. The quantitative estimate of drug-likeness (QED) is 0.716. The predicted molar refractivity (Wildman–Crippen MR) is 108 cm³/mol. The average Bonchev–Trinajstić information content (AvgIpc) is 3.29. The van der Waals surface area contributed by atoms with Crippen molar-refractivity contribution in [2.24, 2.45) is 5.41 Å². The fourth-order valence-electron chi connectivity index (χ4n) is 4.41. The van der Waals surface area contributed by atoms with Crippen LogP contribution in [0.15, 0.2) is 24.3 Å². The summed E-state index contributed by atoms with van der Waals surface area (Å²) in [5, 5.41) is 8.97. The van der Waals surface area contributed by atoms with Gasteiger partial charge in [0, 0.05) is 40.8 Å². The van der Waals surface area contributed by atoms with E-state index in [1.54, 1.807) is 0 Å². The number of hydrogen-bond acceptors (Lipinski definition) is 3. The number of morpholine rings is 1. The second-order valence-corrected chi connectivity index (χ2v) is 8.76. The number of benzene rings is 1. The van der Waals surface area contributed by atoms with E-state index in [0.717, 1.165) is 35.1 Å². The zero-order chi connectivity index (χ0) is 19.3. The van der Waals surface area contributed by atoms with Gasteiger partial charge in [-0.25, -0.2) is 0 Å². The molecule has 1 amide bonds. The Balaban J connectivity index is 1.46. The van der Waals surface area contributed by atoms with E-state index in [4.69, 9.17) is 4.74 Å². The van der Waals surface area contributed by atoms with Gasteiger partial charge in [-0.05, 0) is 42.9 Å². The van der Waals surface area contributed by atoms with Gasteiger partial charge in [0.25, 0.3) is 5.91 Å². The lowest BCUT2D eigenvalue weighted by Gasteiger charge is -2.28. The third-order valence-corrected chi connectivity index (χ3v) is 6.08. The number of amides is 1. The Hall–Kier alpha value is -2.60. The van der Waals surface area contributed by atoms with Gasteiger partial charge in [0.15, 0.2) is 0 Å². The summed E-state index contributed by atoms with van der Waals surface area (Å²) in [6, 6.07) is 8.03. The van der Waals surface area contributed by atoms with Crippen molar-refractivity contribution in [3.63, 3.8) is 0 Å². The van der Waals surface area contributed by atoms with Crippen LogP contribution in [-0.4, -0.2) is 52.3 Å². The molecule has 1 aliphatic heterocycles. The number of nitrogens with one attached hydrogen (secondary N) is 2. The zero-order valence-electron chi connectivity index (χ0n) is 16.5. The predicted octanol–water partition coefficient (Wildman–Crippen LogP) is 3.55. The van der Waals surface area contributed by atoms with E-state index >= 15 is 0 Å². The lowest BCUT2D eigenvalue weighted by molar-refractivity contribution is 0.0303. The fourth-order valence-corrected chi connectivity index (χ4v) is 4.41. The van der Waals surface area contributed by atoms with Gasteiger partial charge in [0.05, 0.1) is 18.9 Å². The number of aromatic amines is 2. The third kappa shape index (κ3) is 3.02. The van der Waals surface area contributed by atoms with E-state index in [2.05, 4.69) is 35.1 Å². The van der Waals surface area contributed by atoms with Gasteiger partial charge < -0.3 is 14.6 Å². The molecule has 0 unspecified atom stereocenters. The lowest BCUT2D eigenvalue weighted by atomic mass is 9.76. The lowest BCUT2D eigenvalue weighted by Crippen LogP contribution is -2.40. The van der Waals surface area contributed by atoms with Crippen LogP contribution in [0.25, 0.3) is 22.3 Å². The molecular formula is C22H26N4O2. The standard InChI is InChI=1S/C22H26N4O2/c1-22(2)6-5-16-19(13-22)24-25-20(16)18-11-14-3-4-15(12-17(14)23-18)21(27)26-7-9-28-10-8-26/h3-4,11-12,23H,5-10,13H2,1-2H3,(H,24,25). The van der Waals surface area contributed by atoms with Crippen molar-refractivity contribution < 1.29 is 9.53 Å². The first-order valence-electron chi connectivity index (χ1n) is 10.1. The molecule has 6 nitrogen and oxygen atoms in total. The summed E-state index contributed by atoms with van der Waals surface area (Å²) in [6.07, 6.45) is 3.25. The number of aromatic nitrogens is 3. The molecule has 1 fully saturated rings. The number of rotatable bonds is 2. The number of hydrogen-bond donors (Lipinski definition) is 2. The van der Waals surface area contributed by atoms with Crippen LogP contribution in [0.2, 0.25) is 0 Å². The third-order valence-electron chi connectivity index (χ3n) is 6.08. The van der Waals surface area contributed by atoms with Crippen LogP contribution in [0, 0.1) is 5.41 Å². The molecule has 28 heavy (non-hydrogen) atoms. The summed E-state index contributed by atoms with van der Waals surface area (Å²) in [5.41, 5.74) is 6.64. The van der Waals surface area contributed by atoms with Gasteiger partial charge in [-0.2, -0.15) is 5.10 Å². The Morgan fingerprint density at radius 1 is 1.21 bits per heavy atom. The number of ether oxygens (including phenoxy) is 1. The van der Waals surface area contributed by atoms with E-state index in [9.17, 15) is 4.79 Å². The summed E-state index contributed by atoms with van der Waals surface area (Å²) < 4.78 is 5.35. The van der Waals surface area contributed by atoms with E-state index in [1.807, 2.05) is 23.1 Å². The molecule has 0 bridgehead atoms. The van der Waals surface area contributed by atoms with Crippen LogP contribution in [-0.2, 0) is 17.6 Å². The molecule has 1 aliphatic carbocycles. The van der Waals surface area contributed by atoms with E-state index < -0.39 is 0 Å². The Labute approximate surface area is 164 Å². The summed E-state index contributed by atoms with van der Waals surface area (Å²) in [6.45, 7) is 7.16. The van der Waals surface area contributed by atoms with E-state index in [1.165, 1.54) is 17.7 Å². The van der Waals surface area contributed by atoms with Crippen molar-refractivity contribution >= 4 is 16.8 Å². The molecule has 1 saturated heterocycles. The highest BCUT2D eigenvalue weighted by Gasteiger charge is 2.29. The smallest absolute Gasteiger partial charge is 0.254 e. The number of H-pyrrole nitrogens is 2. The highest BCUT2D eigenvalue weighted by atomic mass is 16.5. The van der Waals surface area contributed by atoms with Crippen molar-refractivity contribution in [3.05, 3.63) is 41.1 Å². The molecule has 2 aliphatic rings. The Morgan fingerprint density at radius 3 is 2.86 bits per heavy atom. The summed E-state index contributed by atoms with van der Waals surface area (Å²) in [5.74, 6) is 0.0701. The van der Waals surface area contributed by atoms with Crippen LogP contribution in [0.4, 0.5) is 0 Å². The topological polar surface area (TPSA) is 74.0 Å². The average molecular weight is 378 g/mol. The van der Waals surface area contributed by atoms with Crippen molar-refractivity contribution in [1.29, 1.82) is 0 Å². The van der Waals surface area contributed by atoms with Gasteiger partial charge in [0.2, 0.25) is 0 Å². The van der Waals surface area contributed by atoms with Gasteiger partial charge in [-0.3, -0.25) is 9.89 Å². The van der Waals surface area contributed by atoms with Crippen molar-refractivity contribution in [3.8, 4) is 11.4 Å². The Morgan fingerprint density at radius 2 is 2.04 bits per heavy atom. The van der Waals surface area contributed by atoms with Crippen LogP contribution >= 0.6 is 0 Å². The first kappa shape index (κ1) is 17.5. The number of carbonyl (C=O) groups is 1. The van der Waals surface area contributed by atoms with Gasteiger partial charge in [-0.15, -0.1) is 0 Å². The van der Waals surface area contributed by atoms with Crippen molar-refractivity contribution in [2.75, 3.05) is 26.3 Å². The molecule has 2 aromatic heterocycles. The molecule has 0 spiro atoms. The number of fused-ring (bicyclic) bond motifs is 2. The SMILES string of the molecule is CC1(C)CCc2c(-c3cc4ccc(C(=O)N5CCOCC5)cc4[nH]3)n[nH]c2C1. The van der Waals surface area contributed by atoms with Gasteiger partial charge in [0.1, 0.15) is 5.69 Å². The largest absolute Gasteiger partial charge is 0.378 e. The molecule has 0 radical (unpaired) electrons. The van der Waals surface area contributed by atoms with E-state index in [-0.39, 0.29) is 5.91 Å². The van der Waals surface area contributed by atoms with Crippen LogP contribution in [0.3, 0.4) is 0 Å². The Bertz CT molecular complexity index is 1040. The van der Waals surface area contributed by atoms with Gasteiger partial charge >= 0.3 is 0 Å². The minimum absolute atomic E-state index is 0.0701. The minimum atomic E-state index is 0.0701. The number of carbonyl (C=O) groups excluding carboxylic acids is 1. The highest BCUT2D eigenvalue weighted by molar-refractivity contribution is 5.98. The fraction of sp³-hybridized carbons (Fsp3) is 0.455. The zero-order valence-corrected chi connectivity index (χ0v) is 16.5. The van der Waals surface area contributed by atoms with Gasteiger partial charge in [-0.1, -0.05) is 19.9 Å². The molecule has 5 rings (SSSR count). The van der Waals surface area contributed by atoms with Crippen LogP contribution in [0.5, 0.6) is 0 Å². The maximum Gasteiger partial charge on any atom is 0.254 e. The maximum absolute atomic E-state index is 12.8. The Kier molecular flexibility index (Phi) is 4.05. The normalized spacial score (nSPS) is 19.0. The molecule has 0 saturated carbocycles.